The van der Waals surface area contributed by atoms with Crippen LogP contribution in [0, 0.1) is 0 Å². The summed E-state index contributed by atoms with van der Waals surface area (Å²) in [6.07, 6.45) is 7.63. The number of hydrogen-bond donors (Lipinski definition) is 1. The highest BCUT2D eigenvalue weighted by molar-refractivity contribution is 5.92. The average Bonchev–Trinajstić information content (AvgIpc) is 2.89. The van der Waals surface area contributed by atoms with Gasteiger partial charge in [-0.15, -0.1) is 0 Å². The molecule has 0 atom stereocenters. The SMILES string of the molecule is C(=C\c1cccc2ccccc12)/c1cnc[nH]1. The van der Waals surface area contributed by atoms with Gasteiger partial charge in [-0.2, -0.15) is 0 Å². The number of benzene rings is 2. The summed E-state index contributed by atoms with van der Waals surface area (Å²) in [4.78, 5) is 7.05. The Morgan fingerprint density at radius 1 is 0.941 bits per heavy atom. The predicted octanol–water partition coefficient (Wildman–Crippen LogP) is 3.73. The third kappa shape index (κ3) is 1.97. The summed E-state index contributed by atoms with van der Waals surface area (Å²) >= 11 is 0. The first-order valence-electron chi connectivity index (χ1n) is 5.58. The number of rotatable bonds is 2. The van der Waals surface area contributed by atoms with Crippen LogP contribution in [0.25, 0.3) is 22.9 Å². The van der Waals surface area contributed by atoms with Gasteiger partial charge in [-0.25, -0.2) is 4.98 Å². The molecule has 0 fully saturated rings. The fourth-order valence-electron chi connectivity index (χ4n) is 1.93. The molecule has 0 aliphatic carbocycles. The summed E-state index contributed by atoms with van der Waals surface area (Å²) < 4.78 is 0. The van der Waals surface area contributed by atoms with Gasteiger partial charge in [-0.05, 0) is 22.4 Å². The van der Waals surface area contributed by atoms with Crippen molar-refractivity contribution in [3.05, 3.63) is 66.2 Å². The van der Waals surface area contributed by atoms with Crippen LogP contribution in [0.3, 0.4) is 0 Å². The summed E-state index contributed by atoms with van der Waals surface area (Å²) in [6, 6.07) is 14.7. The highest BCUT2D eigenvalue weighted by Crippen LogP contribution is 2.20. The molecule has 0 bridgehead atoms. The number of aromatic nitrogens is 2. The molecule has 0 aliphatic rings. The lowest BCUT2D eigenvalue weighted by atomic mass is 10.0. The van der Waals surface area contributed by atoms with Gasteiger partial charge in [0.15, 0.2) is 0 Å². The molecule has 0 saturated heterocycles. The maximum absolute atomic E-state index is 3.99. The van der Waals surface area contributed by atoms with Crippen molar-refractivity contribution in [1.82, 2.24) is 9.97 Å². The molecule has 2 aromatic carbocycles. The molecule has 0 radical (unpaired) electrons. The summed E-state index contributed by atoms with van der Waals surface area (Å²) in [5.74, 6) is 0. The molecule has 1 heterocycles. The zero-order chi connectivity index (χ0) is 11.5. The lowest BCUT2D eigenvalue weighted by Crippen LogP contribution is -1.77. The minimum absolute atomic E-state index is 1.01. The smallest absolute Gasteiger partial charge is 0.0924 e. The molecule has 3 rings (SSSR count). The van der Waals surface area contributed by atoms with Crippen molar-refractivity contribution in [2.24, 2.45) is 0 Å². The number of hydrogen-bond acceptors (Lipinski definition) is 1. The Hall–Kier alpha value is -2.35. The second kappa shape index (κ2) is 4.26. The molecule has 1 N–H and O–H groups in total. The molecule has 0 amide bonds. The lowest BCUT2D eigenvalue weighted by molar-refractivity contribution is 1.31. The van der Waals surface area contributed by atoms with Gasteiger partial charge >= 0.3 is 0 Å². The average molecular weight is 220 g/mol. The number of nitrogens with one attached hydrogen (secondary N) is 1. The van der Waals surface area contributed by atoms with Crippen molar-refractivity contribution in [2.45, 2.75) is 0 Å². The molecule has 3 aromatic rings. The van der Waals surface area contributed by atoms with Gasteiger partial charge in [0.25, 0.3) is 0 Å². The van der Waals surface area contributed by atoms with Crippen molar-refractivity contribution in [1.29, 1.82) is 0 Å². The van der Waals surface area contributed by atoms with E-state index in [9.17, 15) is 0 Å². The van der Waals surface area contributed by atoms with Crippen molar-refractivity contribution in [3.8, 4) is 0 Å². The van der Waals surface area contributed by atoms with Gasteiger partial charge in [-0.1, -0.05) is 48.5 Å². The van der Waals surface area contributed by atoms with Crippen molar-refractivity contribution in [3.63, 3.8) is 0 Å². The van der Waals surface area contributed by atoms with E-state index in [2.05, 4.69) is 58.5 Å². The Kier molecular flexibility index (Phi) is 2.47. The molecule has 0 unspecified atom stereocenters. The second-order valence-corrected chi connectivity index (χ2v) is 3.91. The zero-order valence-electron chi connectivity index (χ0n) is 9.30. The van der Waals surface area contributed by atoms with E-state index in [-0.39, 0.29) is 0 Å². The molecule has 1 aromatic heterocycles. The Labute approximate surface area is 99.6 Å². The van der Waals surface area contributed by atoms with Crippen LogP contribution in [0.4, 0.5) is 0 Å². The maximum Gasteiger partial charge on any atom is 0.0924 e. The van der Waals surface area contributed by atoms with Crippen LogP contribution in [-0.2, 0) is 0 Å². The quantitative estimate of drug-likeness (QED) is 0.700. The van der Waals surface area contributed by atoms with E-state index in [4.69, 9.17) is 0 Å². The summed E-state index contributed by atoms with van der Waals surface area (Å²) in [5.41, 5.74) is 2.23. The fourth-order valence-corrected chi connectivity index (χ4v) is 1.93. The maximum atomic E-state index is 3.99. The second-order valence-electron chi connectivity index (χ2n) is 3.91. The minimum Gasteiger partial charge on any atom is -0.345 e. The molecular weight excluding hydrogens is 208 g/mol. The fraction of sp³-hybridized carbons (Fsp3) is 0. The van der Waals surface area contributed by atoms with Gasteiger partial charge in [0.2, 0.25) is 0 Å². The van der Waals surface area contributed by atoms with Gasteiger partial charge in [0.05, 0.1) is 18.2 Å². The largest absolute Gasteiger partial charge is 0.345 e. The normalized spacial score (nSPS) is 11.3. The van der Waals surface area contributed by atoms with Gasteiger partial charge in [0, 0.05) is 0 Å². The van der Waals surface area contributed by atoms with E-state index >= 15 is 0 Å². The molecular formula is C15H12N2. The van der Waals surface area contributed by atoms with E-state index in [1.807, 2.05) is 12.3 Å². The van der Waals surface area contributed by atoms with E-state index in [1.165, 1.54) is 16.3 Å². The molecule has 0 spiro atoms. The molecule has 0 aliphatic heterocycles. The van der Waals surface area contributed by atoms with Crippen LogP contribution in [0.1, 0.15) is 11.3 Å². The van der Waals surface area contributed by atoms with Crippen LogP contribution in [0.5, 0.6) is 0 Å². The van der Waals surface area contributed by atoms with Crippen LogP contribution < -0.4 is 0 Å². The first kappa shape index (κ1) is 9.85. The molecule has 17 heavy (non-hydrogen) atoms. The first-order chi connectivity index (χ1) is 8.43. The van der Waals surface area contributed by atoms with Crippen LogP contribution in [0.2, 0.25) is 0 Å². The Morgan fingerprint density at radius 2 is 1.82 bits per heavy atom. The van der Waals surface area contributed by atoms with E-state index in [1.54, 1.807) is 6.33 Å². The Balaban J connectivity index is 2.06. The van der Waals surface area contributed by atoms with Gasteiger partial charge < -0.3 is 4.98 Å². The van der Waals surface area contributed by atoms with Crippen LogP contribution in [0.15, 0.2) is 55.0 Å². The van der Waals surface area contributed by atoms with Gasteiger partial charge in [-0.3, -0.25) is 0 Å². The zero-order valence-corrected chi connectivity index (χ0v) is 9.30. The van der Waals surface area contributed by atoms with Crippen molar-refractivity contribution < 1.29 is 0 Å². The van der Waals surface area contributed by atoms with Crippen LogP contribution in [-0.4, -0.2) is 9.97 Å². The minimum atomic E-state index is 1.01. The number of fused-ring (bicyclic) bond motifs is 1. The molecule has 82 valence electrons. The van der Waals surface area contributed by atoms with Crippen molar-refractivity contribution >= 4 is 22.9 Å². The predicted molar refractivity (Wildman–Crippen MR) is 71.5 cm³/mol. The Bertz CT molecular complexity index is 646. The highest BCUT2D eigenvalue weighted by Gasteiger charge is 1.96. The van der Waals surface area contributed by atoms with E-state index in [0.29, 0.717) is 0 Å². The van der Waals surface area contributed by atoms with Gasteiger partial charge in [0.1, 0.15) is 0 Å². The number of H-pyrrole nitrogens is 1. The number of aromatic amines is 1. The van der Waals surface area contributed by atoms with E-state index < -0.39 is 0 Å². The highest BCUT2D eigenvalue weighted by atomic mass is 14.8. The van der Waals surface area contributed by atoms with Crippen LogP contribution >= 0.6 is 0 Å². The molecule has 0 saturated carbocycles. The summed E-state index contributed by atoms with van der Waals surface area (Å²) in [7, 11) is 0. The third-order valence-corrected chi connectivity index (χ3v) is 2.79. The standard InChI is InChI=1S/C15H12N2/c1-2-7-15-12(4-1)5-3-6-13(15)8-9-14-10-16-11-17-14/h1-11H,(H,16,17)/b9-8+. The van der Waals surface area contributed by atoms with Crippen molar-refractivity contribution in [2.75, 3.05) is 0 Å². The molecule has 2 heteroatoms. The third-order valence-electron chi connectivity index (χ3n) is 2.79. The summed E-state index contributed by atoms with van der Waals surface area (Å²) in [6.45, 7) is 0. The number of nitrogens with zero attached hydrogens (tertiary/aromatic N) is 1. The lowest BCUT2D eigenvalue weighted by Gasteiger charge is -2.01. The summed E-state index contributed by atoms with van der Waals surface area (Å²) in [5, 5.41) is 2.53. The number of imidazole rings is 1. The molecule has 2 nitrogen and oxygen atoms in total. The monoisotopic (exact) mass is 220 g/mol. The Morgan fingerprint density at radius 3 is 2.71 bits per heavy atom. The van der Waals surface area contributed by atoms with E-state index in [0.717, 1.165) is 5.69 Å². The first-order valence-corrected chi connectivity index (χ1v) is 5.58. The topological polar surface area (TPSA) is 28.7 Å².